The van der Waals surface area contributed by atoms with Crippen LogP contribution < -0.4 is 10.6 Å². The SMILES string of the molecule is O=C(N[C@@H]1CN[C@H](COC(F)F)C1)OCc1ccccc1. The van der Waals surface area contributed by atoms with Gasteiger partial charge in [-0.15, -0.1) is 0 Å². The van der Waals surface area contributed by atoms with Gasteiger partial charge in [0.15, 0.2) is 0 Å². The van der Waals surface area contributed by atoms with Crippen molar-refractivity contribution in [3.05, 3.63) is 35.9 Å². The molecular formula is C14H18F2N2O3. The third kappa shape index (κ3) is 5.65. The first-order valence-corrected chi connectivity index (χ1v) is 6.74. The molecule has 0 spiro atoms. The lowest BCUT2D eigenvalue weighted by atomic mass is 10.2. The smallest absolute Gasteiger partial charge is 0.407 e. The van der Waals surface area contributed by atoms with Crippen LogP contribution in [0.3, 0.4) is 0 Å². The number of rotatable bonds is 6. The molecule has 1 heterocycles. The van der Waals surface area contributed by atoms with Crippen molar-refractivity contribution in [2.24, 2.45) is 0 Å². The van der Waals surface area contributed by atoms with E-state index in [1.165, 1.54) is 0 Å². The fourth-order valence-corrected chi connectivity index (χ4v) is 2.18. The van der Waals surface area contributed by atoms with Crippen molar-refractivity contribution in [3.63, 3.8) is 0 Å². The monoisotopic (exact) mass is 300 g/mol. The molecule has 0 aromatic heterocycles. The van der Waals surface area contributed by atoms with Crippen molar-refractivity contribution in [3.8, 4) is 0 Å². The summed E-state index contributed by atoms with van der Waals surface area (Å²) in [6.45, 7) is -2.13. The molecule has 2 atom stereocenters. The van der Waals surface area contributed by atoms with Crippen LogP contribution in [-0.2, 0) is 16.1 Å². The van der Waals surface area contributed by atoms with Crippen LogP contribution >= 0.6 is 0 Å². The second-order valence-corrected chi connectivity index (χ2v) is 4.84. The van der Waals surface area contributed by atoms with E-state index in [0.717, 1.165) is 5.56 Å². The number of benzene rings is 1. The fourth-order valence-electron chi connectivity index (χ4n) is 2.18. The van der Waals surface area contributed by atoms with E-state index in [9.17, 15) is 13.6 Å². The molecule has 1 aromatic carbocycles. The topological polar surface area (TPSA) is 59.6 Å². The summed E-state index contributed by atoms with van der Waals surface area (Å²) in [5, 5.41) is 5.71. The zero-order chi connectivity index (χ0) is 15.1. The number of hydrogen-bond donors (Lipinski definition) is 2. The maximum atomic E-state index is 11.9. The number of halogens is 2. The van der Waals surface area contributed by atoms with Gasteiger partial charge in [-0.25, -0.2) is 4.79 Å². The largest absolute Gasteiger partial charge is 0.445 e. The highest BCUT2D eigenvalue weighted by atomic mass is 19.3. The quantitative estimate of drug-likeness (QED) is 0.842. The van der Waals surface area contributed by atoms with Crippen LogP contribution in [0.1, 0.15) is 12.0 Å². The molecule has 1 saturated heterocycles. The second kappa shape index (κ2) is 7.90. The maximum absolute atomic E-state index is 11.9. The molecule has 1 amide bonds. The Labute approximate surface area is 121 Å². The summed E-state index contributed by atoms with van der Waals surface area (Å²) in [6, 6.07) is 9.02. The Morgan fingerprint density at radius 2 is 2.14 bits per heavy atom. The molecule has 1 aromatic rings. The average molecular weight is 300 g/mol. The molecule has 116 valence electrons. The fraction of sp³-hybridized carbons (Fsp3) is 0.500. The number of alkyl carbamates (subject to hydrolysis) is 1. The zero-order valence-corrected chi connectivity index (χ0v) is 11.4. The lowest BCUT2D eigenvalue weighted by Crippen LogP contribution is -2.36. The highest BCUT2D eigenvalue weighted by molar-refractivity contribution is 5.67. The van der Waals surface area contributed by atoms with Gasteiger partial charge < -0.3 is 20.1 Å². The Hall–Kier alpha value is -1.73. The predicted octanol–water partition coefficient (Wildman–Crippen LogP) is 1.88. The van der Waals surface area contributed by atoms with Gasteiger partial charge in [-0.1, -0.05) is 30.3 Å². The molecular weight excluding hydrogens is 282 g/mol. The van der Waals surface area contributed by atoms with Crippen molar-refractivity contribution in [1.82, 2.24) is 10.6 Å². The van der Waals surface area contributed by atoms with E-state index >= 15 is 0 Å². The molecule has 0 saturated carbocycles. The van der Waals surface area contributed by atoms with E-state index in [2.05, 4.69) is 15.4 Å². The zero-order valence-electron chi connectivity index (χ0n) is 11.4. The van der Waals surface area contributed by atoms with E-state index < -0.39 is 12.7 Å². The molecule has 1 aliphatic rings. The first-order valence-electron chi connectivity index (χ1n) is 6.74. The Kier molecular flexibility index (Phi) is 5.89. The molecule has 2 N–H and O–H groups in total. The summed E-state index contributed by atoms with van der Waals surface area (Å²) in [5.74, 6) is 0. The molecule has 0 bridgehead atoms. The molecule has 0 unspecified atom stereocenters. The van der Waals surface area contributed by atoms with Crippen LogP contribution in [0.5, 0.6) is 0 Å². The van der Waals surface area contributed by atoms with Gasteiger partial charge in [0.05, 0.1) is 6.61 Å². The average Bonchev–Trinajstić information content (AvgIpc) is 2.91. The molecule has 2 rings (SSSR count). The van der Waals surface area contributed by atoms with Gasteiger partial charge in [-0.2, -0.15) is 8.78 Å². The number of nitrogens with one attached hydrogen (secondary N) is 2. The van der Waals surface area contributed by atoms with Crippen LogP contribution in [0, 0.1) is 0 Å². The summed E-state index contributed by atoms with van der Waals surface area (Å²) >= 11 is 0. The number of hydrogen-bond acceptors (Lipinski definition) is 4. The van der Waals surface area contributed by atoms with Gasteiger partial charge >= 0.3 is 12.7 Å². The molecule has 1 fully saturated rings. The molecule has 5 nitrogen and oxygen atoms in total. The molecule has 7 heteroatoms. The van der Waals surface area contributed by atoms with Crippen molar-refractivity contribution >= 4 is 6.09 Å². The van der Waals surface area contributed by atoms with Gasteiger partial charge in [0, 0.05) is 18.6 Å². The van der Waals surface area contributed by atoms with Crippen LogP contribution in [-0.4, -0.2) is 37.9 Å². The van der Waals surface area contributed by atoms with E-state index in [0.29, 0.717) is 13.0 Å². The number of carbonyl (C=O) groups excluding carboxylic acids is 1. The minimum absolute atomic E-state index is 0.0745. The van der Waals surface area contributed by atoms with Crippen LogP contribution in [0.4, 0.5) is 13.6 Å². The van der Waals surface area contributed by atoms with Gasteiger partial charge in [0.2, 0.25) is 0 Å². The molecule has 21 heavy (non-hydrogen) atoms. The van der Waals surface area contributed by atoms with Crippen LogP contribution in [0.25, 0.3) is 0 Å². The predicted molar refractivity (Wildman–Crippen MR) is 71.9 cm³/mol. The van der Waals surface area contributed by atoms with Crippen molar-refractivity contribution < 1.29 is 23.0 Å². The van der Waals surface area contributed by atoms with E-state index in [1.807, 2.05) is 30.3 Å². The normalized spacial score (nSPS) is 21.5. The maximum Gasteiger partial charge on any atom is 0.407 e. The number of amides is 1. The van der Waals surface area contributed by atoms with Gasteiger partial charge in [-0.3, -0.25) is 0 Å². The summed E-state index contributed by atoms with van der Waals surface area (Å²) in [4.78, 5) is 11.6. The highest BCUT2D eigenvalue weighted by Crippen LogP contribution is 2.09. The Morgan fingerprint density at radius 3 is 2.86 bits per heavy atom. The second-order valence-electron chi connectivity index (χ2n) is 4.84. The van der Waals surface area contributed by atoms with Crippen LogP contribution in [0.2, 0.25) is 0 Å². The Balaban J connectivity index is 1.65. The highest BCUT2D eigenvalue weighted by Gasteiger charge is 2.26. The van der Waals surface area contributed by atoms with Gasteiger partial charge in [0.1, 0.15) is 6.61 Å². The van der Waals surface area contributed by atoms with Crippen molar-refractivity contribution in [1.29, 1.82) is 0 Å². The van der Waals surface area contributed by atoms with E-state index in [1.54, 1.807) is 0 Å². The third-order valence-electron chi connectivity index (χ3n) is 3.18. The molecule has 1 aliphatic heterocycles. The standard InChI is InChI=1S/C14H18F2N2O3/c15-13(16)20-9-12-6-11(7-17-12)18-14(19)21-8-10-4-2-1-3-5-10/h1-5,11-13,17H,6-9H2,(H,18,19)/t11-,12-/m0/s1. The summed E-state index contributed by atoms with van der Waals surface area (Å²) < 4.78 is 33.2. The Morgan fingerprint density at radius 1 is 1.38 bits per heavy atom. The van der Waals surface area contributed by atoms with Gasteiger partial charge in [0.25, 0.3) is 0 Å². The summed E-state index contributed by atoms with van der Waals surface area (Å²) in [5.41, 5.74) is 0.903. The lowest BCUT2D eigenvalue weighted by Gasteiger charge is -2.13. The van der Waals surface area contributed by atoms with Gasteiger partial charge in [-0.05, 0) is 12.0 Å². The van der Waals surface area contributed by atoms with Crippen molar-refractivity contribution in [2.75, 3.05) is 13.2 Å². The minimum atomic E-state index is -2.77. The number of alkyl halides is 2. The number of ether oxygens (including phenoxy) is 2. The van der Waals surface area contributed by atoms with Crippen LogP contribution in [0.15, 0.2) is 30.3 Å². The molecule has 0 radical (unpaired) electrons. The third-order valence-corrected chi connectivity index (χ3v) is 3.18. The Bertz CT molecular complexity index is 445. The molecule has 0 aliphatic carbocycles. The van der Waals surface area contributed by atoms with E-state index in [-0.39, 0.29) is 25.3 Å². The summed E-state index contributed by atoms with van der Waals surface area (Å²) in [6.07, 6.45) is 0.0220. The number of carbonyl (C=O) groups is 1. The minimum Gasteiger partial charge on any atom is -0.445 e. The first-order chi connectivity index (χ1) is 10.1. The van der Waals surface area contributed by atoms with Crippen molar-refractivity contribution in [2.45, 2.75) is 31.7 Å². The first kappa shape index (κ1) is 15.7. The lowest BCUT2D eigenvalue weighted by molar-refractivity contribution is -0.132. The van der Waals surface area contributed by atoms with E-state index in [4.69, 9.17) is 4.74 Å². The summed E-state index contributed by atoms with van der Waals surface area (Å²) in [7, 11) is 0.